The summed E-state index contributed by atoms with van der Waals surface area (Å²) in [5.74, 6) is -4.81. The van der Waals surface area contributed by atoms with Gasteiger partial charge >= 0.3 is 0 Å². The first-order valence-corrected chi connectivity index (χ1v) is 8.10. The van der Waals surface area contributed by atoms with E-state index in [-0.39, 0.29) is 5.56 Å². The SMILES string of the molecule is CCN(c1ccccc1)c1ncc(C(=O)Nc2ccc(F)c(F)c2F)cn1. The molecule has 0 saturated carbocycles. The molecule has 0 saturated heterocycles. The lowest BCUT2D eigenvalue weighted by Gasteiger charge is -2.20. The zero-order chi connectivity index (χ0) is 19.4. The molecular weight excluding hydrogens is 357 g/mol. The Morgan fingerprint density at radius 1 is 1.00 bits per heavy atom. The van der Waals surface area contributed by atoms with E-state index < -0.39 is 29.0 Å². The highest BCUT2D eigenvalue weighted by Crippen LogP contribution is 2.22. The van der Waals surface area contributed by atoms with Crippen LogP contribution in [0.4, 0.5) is 30.5 Å². The van der Waals surface area contributed by atoms with Crippen molar-refractivity contribution in [1.82, 2.24) is 9.97 Å². The third-order valence-electron chi connectivity index (χ3n) is 3.81. The van der Waals surface area contributed by atoms with Crippen LogP contribution in [0.15, 0.2) is 54.9 Å². The van der Waals surface area contributed by atoms with Crippen LogP contribution in [0.2, 0.25) is 0 Å². The first kappa shape index (κ1) is 18.4. The van der Waals surface area contributed by atoms with E-state index >= 15 is 0 Å². The van der Waals surface area contributed by atoms with Gasteiger partial charge in [-0.15, -0.1) is 0 Å². The fourth-order valence-corrected chi connectivity index (χ4v) is 2.44. The molecule has 0 aliphatic rings. The van der Waals surface area contributed by atoms with Crippen LogP contribution in [0.3, 0.4) is 0 Å². The molecule has 0 aliphatic carbocycles. The molecule has 138 valence electrons. The molecule has 1 amide bonds. The maximum Gasteiger partial charge on any atom is 0.258 e. The van der Waals surface area contributed by atoms with Crippen LogP contribution in [-0.2, 0) is 0 Å². The highest BCUT2D eigenvalue weighted by molar-refractivity contribution is 6.04. The molecule has 0 fully saturated rings. The number of carbonyl (C=O) groups excluding carboxylic acids is 1. The monoisotopic (exact) mass is 372 g/mol. The summed E-state index contributed by atoms with van der Waals surface area (Å²) in [7, 11) is 0. The molecule has 1 aromatic heterocycles. The molecule has 0 radical (unpaired) electrons. The predicted octanol–water partition coefficient (Wildman–Crippen LogP) is 4.30. The topological polar surface area (TPSA) is 58.1 Å². The number of nitrogens with one attached hydrogen (secondary N) is 1. The van der Waals surface area contributed by atoms with Crippen LogP contribution in [0.25, 0.3) is 0 Å². The summed E-state index contributed by atoms with van der Waals surface area (Å²) in [6.07, 6.45) is 2.56. The largest absolute Gasteiger partial charge is 0.319 e. The van der Waals surface area contributed by atoms with Crippen molar-refractivity contribution in [2.75, 3.05) is 16.8 Å². The number of hydrogen-bond acceptors (Lipinski definition) is 4. The molecule has 3 aromatic rings. The number of nitrogens with zero attached hydrogens (tertiary/aromatic N) is 3. The Morgan fingerprint density at radius 2 is 1.67 bits per heavy atom. The summed E-state index contributed by atoms with van der Waals surface area (Å²) in [6.45, 7) is 2.54. The van der Waals surface area contributed by atoms with Gasteiger partial charge in [0.05, 0.1) is 11.3 Å². The second-order valence-corrected chi connectivity index (χ2v) is 5.53. The molecule has 1 N–H and O–H groups in total. The van der Waals surface area contributed by atoms with Crippen molar-refractivity contribution in [3.8, 4) is 0 Å². The minimum Gasteiger partial charge on any atom is -0.319 e. The molecule has 0 aliphatic heterocycles. The lowest BCUT2D eigenvalue weighted by molar-refractivity contribution is 0.102. The molecule has 1 heterocycles. The number of para-hydroxylation sites is 1. The van der Waals surface area contributed by atoms with E-state index in [0.717, 1.165) is 17.8 Å². The van der Waals surface area contributed by atoms with Gasteiger partial charge in [-0.2, -0.15) is 0 Å². The molecular formula is C19H15F3N4O. The minimum atomic E-state index is -1.65. The van der Waals surface area contributed by atoms with Gasteiger partial charge in [-0.3, -0.25) is 4.79 Å². The molecule has 0 atom stereocenters. The Labute approximate surface area is 153 Å². The normalized spacial score (nSPS) is 10.5. The number of carbonyl (C=O) groups is 1. The average molecular weight is 372 g/mol. The van der Waals surface area contributed by atoms with Crippen LogP contribution in [0.1, 0.15) is 17.3 Å². The maximum atomic E-state index is 13.7. The quantitative estimate of drug-likeness (QED) is 0.679. The first-order valence-electron chi connectivity index (χ1n) is 8.10. The lowest BCUT2D eigenvalue weighted by atomic mass is 10.2. The summed E-state index contributed by atoms with van der Waals surface area (Å²) >= 11 is 0. The number of halogens is 3. The van der Waals surface area contributed by atoms with Gasteiger partial charge in [0, 0.05) is 24.6 Å². The van der Waals surface area contributed by atoms with Crippen molar-refractivity contribution in [2.24, 2.45) is 0 Å². The Hall–Kier alpha value is -3.42. The maximum absolute atomic E-state index is 13.7. The van der Waals surface area contributed by atoms with Crippen LogP contribution in [-0.4, -0.2) is 22.4 Å². The molecule has 0 spiro atoms. The Balaban J connectivity index is 1.79. The Kier molecular flexibility index (Phi) is 5.35. The molecule has 0 unspecified atom stereocenters. The van der Waals surface area contributed by atoms with Crippen molar-refractivity contribution >= 4 is 23.2 Å². The van der Waals surface area contributed by atoms with Crippen molar-refractivity contribution in [2.45, 2.75) is 6.92 Å². The van der Waals surface area contributed by atoms with E-state index in [2.05, 4.69) is 15.3 Å². The Bertz CT molecular complexity index is 949. The smallest absolute Gasteiger partial charge is 0.258 e. The fraction of sp³-hybridized carbons (Fsp3) is 0.105. The van der Waals surface area contributed by atoms with Crippen molar-refractivity contribution in [3.05, 3.63) is 77.9 Å². The Morgan fingerprint density at radius 3 is 2.30 bits per heavy atom. The van der Waals surface area contributed by atoms with Gasteiger partial charge in [0.2, 0.25) is 5.95 Å². The number of rotatable bonds is 5. The molecule has 0 bridgehead atoms. The highest BCUT2D eigenvalue weighted by atomic mass is 19.2. The third kappa shape index (κ3) is 3.89. The third-order valence-corrected chi connectivity index (χ3v) is 3.81. The molecule has 2 aromatic carbocycles. The number of amides is 1. The highest BCUT2D eigenvalue weighted by Gasteiger charge is 2.17. The zero-order valence-corrected chi connectivity index (χ0v) is 14.3. The van der Waals surface area contributed by atoms with Gasteiger partial charge in [-0.05, 0) is 31.2 Å². The van der Waals surface area contributed by atoms with Gasteiger partial charge in [0.15, 0.2) is 17.5 Å². The van der Waals surface area contributed by atoms with E-state index in [1.54, 1.807) is 0 Å². The van der Waals surface area contributed by atoms with Crippen molar-refractivity contribution < 1.29 is 18.0 Å². The summed E-state index contributed by atoms with van der Waals surface area (Å²) in [6, 6.07) is 11.1. The van der Waals surface area contributed by atoms with Gasteiger partial charge in [0.1, 0.15) is 0 Å². The summed E-state index contributed by atoms with van der Waals surface area (Å²) in [4.78, 5) is 22.4. The number of hydrogen-bond donors (Lipinski definition) is 1. The van der Waals surface area contributed by atoms with Gasteiger partial charge in [0.25, 0.3) is 5.91 Å². The van der Waals surface area contributed by atoms with Gasteiger partial charge in [-0.1, -0.05) is 18.2 Å². The lowest BCUT2D eigenvalue weighted by Crippen LogP contribution is -2.20. The van der Waals surface area contributed by atoms with Gasteiger partial charge < -0.3 is 10.2 Å². The van der Waals surface area contributed by atoms with Crippen molar-refractivity contribution in [3.63, 3.8) is 0 Å². The van der Waals surface area contributed by atoms with Crippen LogP contribution >= 0.6 is 0 Å². The van der Waals surface area contributed by atoms with Crippen molar-refractivity contribution in [1.29, 1.82) is 0 Å². The first-order chi connectivity index (χ1) is 13.0. The second kappa shape index (κ2) is 7.86. The summed E-state index contributed by atoms with van der Waals surface area (Å²) in [5, 5.41) is 2.17. The van der Waals surface area contributed by atoms with Crippen LogP contribution < -0.4 is 10.2 Å². The van der Waals surface area contributed by atoms with Crippen LogP contribution in [0.5, 0.6) is 0 Å². The molecule has 27 heavy (non-hydrogen) atoms. The summed E-state index contributed by atoms with van der Waals surface area (Å²) in [5.41, 5.74) is 0.468. The van der Waals surface area contributed by atoms with E-state index in [9.17, 15) is 18.0 Å². The van der Waals surface area contributed by atoms with E-state index in [1.165, 1.54) is 12.4 Å². The second-order valence-electron chi connectivity index (χ2n) is 5.53. The zero-order valence-electron chi connectivity index (χ0n) is 14.3. The number of anilines is 3. The fourth-order valence-electron chi connectivity index (χ4n) is 2.44. The van der Waals surface area contributed by atoms with E-state index in [0.29, 0.717) is 12.5 Å². The minimum absolute atomic E-state index is 0.0481. The molecule has 5 nitrogen and oxygen atoms in total. The van der Waals surface area contributed by atoms with Crippen LogP contribution in [0, 0.1) is 17.5 Å². The molecule has 3 rings (SSSR count). The van der Waals surface area contributed by atoms with Gasteiger partial charge in [-0.25, -0.2) is 23.1 Å². The number of benzene rings is 2. The standard InChI is InChI=1S/C19H15F3N4O/c1-2-26(13-6-4-3-5-7-13)19-23-10-12(11-24-19)18(27)25-15-9-8-14(20)16(21)17(15)22/h3-11H,2H2,1H3,(H,25,27). The predicted molar refractivity (Wildman–Crippen MR) is 95.4 cm³/mol. The number of aromatic nitrogens is 2. The molecule has 8 heteroatoms. The average Bonchev–Trinajstić information content (AvgIpc) is 2.70. The van der Waals surface area contributed by atoms with E-state index in [1.807, 2.05) is 42.2 Å². The summed E-state index contributed by atoms with van der Waals surface area (Å²) < 4.78 is 39.9. The van der Waals surface area contributed by atoms with E-state index in [4.69, 9.17) is 0 Å².